The molecule has 0 saturated carbocycles. The summed E-state index contributed by atoms with van der Waals surface area (Å²) >= 11 is 0. The van der Waals surface area contributed by atoms with Gasteiger partial charge < -0.3 is 31.9 Å². The van der Waals surface area contributed by atoms with E-state index >= 15 is 0 Å². The second kappa shape index (κ2) is 19.8. The number of rotatable bonds is 12. The second-order valence-corrected chi connectivity index (χ2v) is 5.06. The maximum absolute atomic E-state index is 4.07. The molecular formula is C15H37ClN8. The topological polar surface area (TPSA) is 96.9 Å². The third kappa shape index (κ3) is 15.6. The smallest absolute Gasteiger partial charge is 0.190 e. The van der Waals surface area contributed by atoms with Crippen molar-refractivity contribution in [2.45, 2.75) is 19.3 Å². The maximum atomic E-state index is 4.07. The summed E-state index contributed by atoms with van der Waals surface area (Å²) in [5.74, 6) is 1.69. The Morgan fingerprint density at radius 3 is 1.25 bits per heavy atom. The first-order chi connectivity index (χ1) is 11.3. The van der Waals surface area contributed by atoms with Crippen LogP contribution in [0.5, 0.6) is 0 Å². The van der Waals surface area contributed by atoms with Crippen LogP contribution in [0.25, 0.3) is 0 Å². The van der Waals surface area contributed by atoms with Crippen molar-refractivity contribution < 1.29 is 0 Å². The molecule has 0 saturated heterocycles. The highest BCUT2D eigenvalue weighted by Crippen LogP contribution is 1.79. The van der Waals surface area contributed by atoms with Crippen molar-refractivity contribution in [1.29, 1.82) is 0 Å². The summed E-state index contributed by atoms with van der Waals surface area (Å²) < 4.78 is 0. The number of hydrogen-bond donors (Lipinski definition) is 6. The lowest BCUT2D eigenvalue weighted by Crippen LogP contribution is -2.36. The molecule has 0 radical (unpaired) electrons. The van der Waals surface area contributed by atoms with E-state index in [4.69, 9.17) is 0 Å². The summed E-state index contributed by atoms with van der Waals surface area (Å²) in [6.45, 7) is 6.03. The van der Waals surface area contributed by atoms with Gasteiger partial charge in [0.25, 0.3) is 0 Å². The van der Waals surface area contributed by atoms with E-state index in [0.29, 0.717) is 0 Å². The summed E-state index contributed by atoms with van der Waals surface area (Å²) in [6, 6.07) is 0. The fraction of sp³-hybridized carbons (Fsp3) is 0.867. The minimum absolute atomic E-state index is 0. The molecule has 0 fully saturated rings. The normalized spacial score (nSPS) is 11.7. The number of nitrogens with one attached hydrogen (secondary N) is 6. The van der Waals surface area contributed by atoms with Crippen LogP contribution < -0.4 is 31.9 Å². The zero-order chi connectivity index (χ0) is 17.2. The molecule has 0 unspecified atom stereocenters. The average Bonchev–Trinajstić information content (AvgIpc) is 2.59. The van der Waals surface area contributed by atoms with Crippen LogP contribution >= 0.6 is 12.4 Å². The fourth-order valence-electron chi connectivity index (χ4n) is 1.99. The van der Waals surface area contributed by atoms with Crippen molar-refractivity contribution in [3.8, 4) is 0 Å². The Morgan fingerprint density at radius 2 is 0.958 bits per heavy atom. The molecule has 0 aliphatic rings. The summed E-state index contributed by atoms with van der Waals surface area (Å²) in [5, 5.41) is 19.4. The maximum Gasteiger partial charge on any atom is 0.190 e. The Bertz CT molecular complexity index is 293. The number of halogens is 1. The summed E-state index contributed by atoms with van der Waals surface area (Å²) in [6.07, 6.45) is 3.33. The van der Waals surface area contributed by atoms with Gasteiger partial charge in [0.05, 0.1) is 0 Å². The van der Waals surface area contributed by atoms with Gasteiger partial charge in [0.15, 0.2) is 11.9 Å². The van der Waals surface area contributed by atoms with Gasteiger partial charge in [-0.15, -0.1) is 12.4 Å². The third-order valence-corrected chi connectivity index (χ3v) is 3.27. The Morgan fingerprint density at radius 1 is 0.625 bits per heavy atom. The predicted molar refractivity (Wildman–Crippen MR) is 108 cm³/mol. The predicted octanol–water partition coefficient (Wildman–Crippen LogP) is -0.653. The Kier molecular flexibility index (Phi) is 20.6. The summed E-state index contributed by atoms with van der Waals surface area (Å²) in [5.41, 5.74) is 0. The van der Waals surface area contributed by atoms with Crippen molar-refractivity contribution in [2.75, 3.05) is 67.5 Å². The highest BCUT2D eigenvalue weighted by atomic mass is 35.5. The molecule has 0 bridgehead atoms. The second-order valence-electron chi connectivity index (χ2n) is 5.06. The van der Waals surface area contributed by atoms with Crippen LogP contribution in [0.2, 0.25) is 0 Å². The van der Waals surface area contributed by atoms with Gasteiger partial charge >= 0.3 is 0 Å². The van der Waals surface area contributed by atoms with Gasteiger partial charge in [-0.1, -0.05) is 0 Å². The fourth-order valence-corrected chi connectivity index (χ4v) is 1.99. The van der Waals surface area contributed by atoms with Crippen LogP contribution in [0.1, 0.15) is 19.3 Å². The van der Waals surface area contributed by atoms with Crippen molar-refractivity contribution in [2.24, 2.45) is 9.98 Å². The Balaban J connectivity index is 0. The first-order valence-electron chi connectivity index (χ1n) is 8.46. The molecule has 6 N–H and O–H groups in total. The van der Waals surface area contributed by atoms with Crippen LogP contribution in [0.15, 0.2) is 9.98 Å². The Labute approximate surface area is 153 Å². The largest absolute Gasteiger partial charge is 0.359 e. The molecular weight excluding hydrogens is 328 g/mol. The van der Waals surface area contributed by atoms with E-state index in [1.165, 1.54) is 0 Å². The van der Waals surface area contributed by atoms with Crippen LogP contribution in [0.4, 0.5) is 0 Å². The number of hydrogen-bond acceptors (Lipinski definition) is 4. The first kappa shape index (κ1) is 25.0. The molecule has 24 heavy (non-hydrogen) atoms. The highest BCUT2D eigenvalue weighted by molar-refractivity contribution is 5.85. The Hall–Kier alpha value is -1.25. The quantitative estimate of drug-likeness (QED) is 0.156. The third-order valence-electron chi connectivity index (χ3n) is 3.27. The van der Waals surface area contributed by atoms with Gasteiger partial charge in [-0.25, -0.2) is 0 Å². The van der Waals surface area contributed by atoms with E-state index in [1.807, 2.05) is 14.1 Å². The zero-order valence-electron chi connectivity index (χ0n) is 15.7. The van der Waals surface area contributed by atoms with Gasteiger partial charge in [-0.2, -0.15) is 0 Å². The van der Waals surface area contributed by atoms with Gasteiger partial charge in [0.1, 0.15) is 0 Å². The lowest BCUT2D eigenvalue weighted by atomic mass is 10.3. The SMILES string of the molecule is CN=C(NC)NCCCNCCCNCCCNC(=NC)NC.Cl. The molecule has 8 nitrogen and oxygen atoms in total. The van der Waals surface area contributed by atoms with Gasteiger partial charge in [0, 0.05) is 41.3 Å². The molecule has 144 valence electrons. The molecule has 0 aromatic carbocycles. The van der Waals surface area contributed by atoms with E-state index in [-0.39, 0.29) is 12.4 Å². The molecule has 0 aliphatic heterocycles. The molecule has 0 aromatic rings. The van der Waals surface area contributed by atoms with Crippen molar-refractivity contribution >= 4 is 24.3 Å². The van der Waals surface area contributed by atoms with E-state index < -0.39 is 0 Å². The van der Waals surface area contributed by atoms with Crippen molar-refractivity contribution in [3.63, 3.8) is 0 Å². The van der Waals surface area contributed by atoms with Crippen LogP contribution in [-0.4, -0.2) is 79.4 Å². The molecule has 0 rings (SSSR count). The van der Waals surface area contributed by atoms with E-state index in [1.54, 1.807) is 14.1 Å². The van der Waals surface area contributed by atoms with E-state index in [9.17, 15) is 0 Å². The zero-order valence-corrected chi connectivity index (χ0v) is 16.5. The highest BCUT2D eigenvalue weighted by Gasteiger charge is 1.94. The minimum Gasteiger partial charge on any atom is -0.359 e. The molecule has 0 aliphatic carbocycles. The van der Waals surface area contributed by atoms with Gasteiger partial charge in [0.2, 0.25) is 0 Å². The summed E-state index contributed by atoms with van der Waals surface area (Å²) in [7, 11) is 7.29. The van der Waals surface area contributed by atoms with Crippen LogP contribution in [-0.2, 0) is 0 Å². The molecule has 0 amide bonds. The first-order valence-corrected chi connectivity index (χ1v) is 8.46. The molecule has 9 heteroatoms. The monoisotopic (exact) mass is 364 g/mol. The standard InChI is InChI=1S/C15H36N8.ClH/c1-16-14(17-2)22-12-6-10-20-8-5-9-21-11-7-13-23-15(18-3)19-4;/h20-21H,5-13H2,1-4H3,(H2,16,17,22)(H2,18,19,23);1H. The van der Waals surface area contributed by atoms with Gasteiger partial charge in [-0.05, 0) is 45.4 Å². The van der Waals surface area contributed by atoms with Crippen molar-refractivity contribution in [1.82, 2.24) is 31.9 Å². The number of aliphatic imine (C=N–C) groups is 2. The molecule has 0 atom stereocenters. The van der Waals surface area contributed by atoms with Crippen molar-refractivity contribution in [3.05, 3.63) is 0 Å². The number of guanidine groups is 2. The number of nitrogens with zero attached hydrogens (tertiary/aromatic N) is 2. The molecule has 0 spiro atoms. The lowest BCUT2D eigenvalue weighted by Gasteiger charge is -2.10. The van der Waals surface area contributed by atoms with E-state index in [2.05, 4.69) is 41.9 Å². The molecule has 0 heterocycles. The molecule has 0 aromatic heterocycles. The summed E-state index contributed by atoms with van der Waals surface area (Å²) in [4.78, 5) is 8.13. The van der Waals surface area contributed by atoms with Gasteiger partial charge in [-0.3, -0.25) is 9.98 Å². The minimum atomic E-state index is 0. The van der Waals surface area contributed by atoms with E-state index in [0.717, 1.165) is 70.5 Å². The lowest BCUT2D eigenvalue weighted by molar-refractivity contribution is 0.571. The van der Waals surface area contributed by atoms with Crippen LogP contribution in [0, 0.1) is 0 Å². The average molecular weight is 365 g/mol. The van der Waals surface area contributed by atoms with Crippen LogP contribution in [0.3, 0.4) is 0 Å².